The van der Waals surface area contributed by atoms with Crippen LogP contribution in [0.15, 0.2) is 60.7 Å². The predicted molar refractivity (Wildman–Crippen MR) is 202 cm³/mol. The zero-order valence-electron chi connectivity index (χ0n) is 32.4. The molecule has 2 aromatic rings. The van der Waals surface area contributed by atoms with Crippen LogP contribution < -0.4 is 10.6 Å². The second-order valence-electron chi connectivity index (χ2n) is 13.2. The number of nitrogens with one attached hydrogen (secondary N) is 2. The van der Waals surface area contributed by atoms with Crippen LogP contribution in [0.5, 0.6) is 0 Å². The third kappa shape index (κ3) is 16.4. The molecule has 4 atom stereocenters. The highest BCUT2D eigenvalue weighted by Crippen LogP contribution is 2.14. The van der Waals surface area contributed by atoms with Crippen LogP contribution in [0.25, 0.3) is 0 Å². The van der Waals surface area contributed by atoms with Crippen molar-refractivity contribution < 1.29 is 47.6 Å². The topological polar surface area (TPSA) is 154 Å². The number of rotatable bonds is 12. The molecule has 1 saturated heterocycles. The van der Waals surface area contributed by atoms with Gasteiger partial charge in [-0.2, -0.15) is 0 Å². The van der Waals surface area contributed by atoms with Gasteiger partial charge in [0.2, 0.25) is 11.8 Å². The number of carbonyl (C=O) groups is 4. The monoisotopic (exact) mass is 756 g/mol. The molecular weight excluding hydrogens is 696 g/mol. The van der Waals surface area contributed by atoms with Crippen molar-refractivity contribution in [3.63, 3.8) is 0 Å². The maximum atomic E-state index is 13.8. The van der Waals surface area contributed by atoms with Crippen molar-refractivity contribution in [2.24, 2.45) is 11.8 Å². The van der Waals surface area contributed by atoms with E-state index in [1.165, 1.54) is 0 Å². The van der Waals surface area contributed by atoms with E-state index < -0.39 is 24.3 Å². The summed E-state index contributed by atoms with van der Waals surface area (Å²) in [5, 5.41) is 5.58. The summed E-state index contributed by atoms with van der Waals surface area (Å²) >= 11 is 0. The Kier molecular flexibility index (Phi) is 21.0. The fourth-order valence-electron chi connectivity index (χ4n) is 5.55. The molecule has 14 nitrogen and oxygen atoms in total. The zero-order chi connectivity index (χ0) is 39.0. The van der Waals surface area contributed by atoms with Gasteiger partial charge >= 0.3 is 12.2 Å². The van der Waals surface area contributed by atoms with Crippen molar-refractivity contribution in [3.8, 4) is 0 Å². The molecule has 0 unspecified atom stereocenters. The van der Waals surface area contributed by atoms with Crippen molar-refractivity contribution in [1.29, 1.82) is 0 Å². The normalized spacial score (nSPS) is 17.8. The number of benzene rings is 2. The molecule has 300 valence electrons. The van der Waals surface area contributed by atoms with Crippen molar-refractivity contribution >= 4 is 24.0 Å². The minimum atomic E-state index is -0.788. The molecule has 0 spiro atoms. The molecule has 1 aliphatic heterocycles. The first-order valence-electron chi connectivity index (χ1n) is 19.1. The van der Waals surface area contributed by atoms with Gasteiger partial charge in [0, 0.05) is 26.2 Å². The highest BCUT2D eigenvalue weighted by atomic mass is 16.6. The highest BCUT2D eigenvalue weighted by Gasteiger charge is 2.32. The first-order valence-corrected chi connectivity index (χ1v) is 19.1. The summed E-state index contributed by atoms with van der Waals surface area (Å²) in [4.78, 5) is 56.4. The van der Waals surface area contributed by atoms with Gasteiger partial charge in [-0.25, -0.2) is 9.59 Å². The van der Waals surface area contributed by atoms with Crippen LogP contribution in [0.2, 0.25) is 0 Å². The molecular formula is C40H60N4O10. The van der Waals surface area contributed by atoms with Crippen LogP contribution in [0, 0.1) is 11.8 Å². The fraction of sp³-hybridized carbons (Fsp3) is 0.600. The van der Waals surface area contributed by atoms with E-state index in [2.05, 4.69) is 10.6 Å². The number of ether oxygens (including phenoxy) is 6. The summed E-state index contributed by atoms with van der Waals surface area (Å²) in [6.07, 6.45) is 0.0245. The van der Waals surface area contributed by atoms with E-state index in [1.807, 2.05) is 88.4 Å². The summed E-state index contributed by atoms with van der Waals surface area (Å²) in [5.41, 5.74) is 1.70. The summed E-state index contributed by atoms with van der Waals surface area (Å²) < 4.78 is 34.1. The third-order valence-electron chi connectivity index (χ3n) is 9.32. The van der Waals surface area contributed by atoms with E-state index in [4.69, 9.17) is 28.4 Å². The Morgan fingerprint density at radius 3 is 1.17 bits per heavy atom. The van der Waals surface area contributed by atoms with Gasteiger partial charge in [-0.15, -0.1) is 0 Å². The lowest BCUT2D eigenvalue weighted by Crippen LogP contribution is -2.53. The van der Waals surface area contributed by atoms with Crippen LogP contribution >= 0.6 is 0 Å². The molecule has 14 heteroatoms. The standard InChI is InChI=1S/C40H60N4O10/c1-5-31(3)35(41-39(47)53-29-33-13-9-7-10-14-33)37(45)43-17-21-49-25-27-51-23-19-44(20-24-52-28-26-50-22-18-43)38(46)36(32(4)6-2)42-40(48)54-30-34-15-11-8-12-16-34/h7-16,31-32,35-36H,5-6,17-30H2,1-4H3,(H,41,47)(H,42,48)/t31-,32+,35-,36+. The average molecular weight is 757 g/mol. The number of hydrogen-bond donors (Lipinski definition) is 2. The lowest BCUT2D eigenvalue weighted by Gasteiger charge is -2.31. The Balaban J connectivity index is 1.54. The van der Waals surface area contributed by atoms with Gasteiger partial charge in [0.25, 0.3) is 0 Å². The second kappa shape index (κ2) is 25.7. The van der Waals surface area contributed by atoms with Gasteiger partial charge in [-0.05, 0) is 23.0 Å². The maximum absolute atomic E-state index is 13.8. The summed E-state index contributed by atoms with van der Waals surface area (Å²) in [6.45, 7) is 11.2. The fourth-order valence-corrected chi connectivity index (χ4v) is 5.55. The first kappa shape index (κ1) is 44.2. The van der Waals surface area contributed by atoms with E-state index in [1.54, 1.807) is 9.80 Å². The van der Waals surface area contributed by atoms with E-state index >= 15 is 0 Å². The van der Waals surface area contributed by atoms with E-state index in [-0.39, 0.29) is 116 Å². The Morgan fingerprint density at radius 2 is 0.870 bits per heavy atom. The van der Waals surface area contributed by atoms with Gasteiger partial charge in [0.1, 0.15) is 25.3 Å². The zero-order valence-corrected chi connectivity index (χ0v) is 32.4. The van der Waals surface area contributed by atoms with Crippen molar-refractivity contribution in [2.75, 3.05) is 79.0 Å². The predicted octanol–water partition coefficient (Wildman–Crippen LogP) is 4.41. The molecule has 1 heterocycles. The van der Waals surface area contributed by atoms with E-state index in [0.717, 1.165) is 11.1 Å². The van der Waals surface area contributed by atoms with Gasteiger partial charge in [0.05, 0.1) is 52.9 Å². The minimum Gasteiger partial charge on any atom is -0.445 e. The Bertz CT molecular complexity index is 1250. The molecule has 2 N–H and O–H groups in total. The Hall–Kier alpha value is -4.24. The van der Waals surface area contributed by atoms with Crippen LogP contribution in [0.3, 0.4) is 0 Å². The van der Waals surface area contributed by atoms with Crippen LogP contribution in [-0.4, -0.2) is 125 Å². The largest absolute Gasteiger partial charge is 0.445 e. The Labute approximate surface area is 320 Å². The lowest BCUT2D eigenvalue weighted by molar-refractivity contribution is -0.138. The molecule has 1 fully saturated rings. The highest BCUT2D eigenvalue weighted by molar-refractivity contribution is 5.86. The summed E-state index contributed by atoms with van der Waals surface area (Å²) in [7, 11) is 0. The summed E-state index contributed by atoms with van der Waals surface area (Å²) in [5.74, 6) is -0.770. The number of amides is 4. The molecule has 1 aliphatic rings. The van der Waals surface area contributed by atoms with Crippen molar-refractivity contribution in [2.45, 2.75) is 65.8 Å². The quantitative estimate of drug-likeness (QED) is 0.319. The van der Waals surface area contributed by atoms with Crippen LogP contribution in [0.4, 0.5) is 9.59 Å². The van der Waals surface area contributed by atoms with Crippen LogP contribution in [0.1, 0.15) is 51.7 Å². The minimum absolute atomic E-state index is 0.0970. The first-order chi connectivity index (χ1) is 26.2. The number of carbonyl (C=O) groups excluding carboxylic acids is 4. The molecule has 3 rings (SSSR count). The molecule has 54 heavy (non-hydrogen) atoms. The van der Waals surface area contributed by atoms with Gasteiger partial charge in [-0.3, -0.25) is 9.59 Å². The average Bonchev–Trinajstić information content (AvgIpc) is 3.20. The number of nitrogens with zero attached hydrogens (tertiary/aromatic N) is 2. The molecule has 0 aliphatic carbocycles. The van der Waals surface area contributed by atoms with E-state index in [9.17, 15) is 19.2 Å². The number of hydrogen-bond acceptors (Lipinski definition) is 10. The molecule has 0 aromatic heterocycles. The van der Waals surface area contributed by atoms with Gasteiger partial charge < -0.3 is 48.9 Å². The molecule has 0 bridgehead atoms. The summed E-state index contributed by atoms with van der Waals surface area (Å²) in [6, 6.07) is 17.1. The van der Waals surface area contributed by atoms with Crippen molar-refractivity contribution in [1.82, 2.24) is 20.4 Å². The smallest absolute Gasteiger partial charge is 0.408 e. The van der Waals surface area contributed by atoms with E-state index in [0.29, 0.717) is 12.8 Å². The maximum Gasteiger partial charge on any atom is 0.408 e. The van der Waals surface area contributed by atoms with Gasteiger partial charge in [-0.1, -0.05) is 101 Å². The van der Waals surface area contributed by atoms with Crippen LogP contribution in [-0.2, 0) is 51.2 Å². The Morgan fingerprint density at radius 1 is 0.556 bits per heavy atom. The third-order valence-corrected chi connectivity index (χ3v) is 9.32. The van der Waals surface area contributed by atoms with Gasteiger partial charge in [0.15, 0.2) is 0 Å². The second-order valence-corrected chi connectivity index (χ2v) is 13.2. The molecule has 2 aromatic carbocycles. The number of alkyl carbamates (subject to hydrolysis) is 2. The lowest BCUT2D eigenvalue weighted by atomic mass is 9.98. The molecule has 0 saturated carbocycles. The SMILES string of the molecule is CC[C@@H](C)[C@@H](NC(=O)OCc1ccccc1)C(=O)N1CCOCCOCCN(C(=O)[C@@H](NC(=O)OCc2ccccc2)[C@@H](C)CC)CCOCCOCC1. The van der Waals surface area contributed by atoms with Crippen molar-refractivity contribution in [3.05, 3.63) is 71.8 Å². The molecule has 0 radical (unpaired) electrons. The molecule has 4 amide bonds.